The molecule has 7 heteroatoms. The average molecular weight is 331 g/mol. The molecule has 0 unspecified atom stereocenters. The summed E-state index contributed by atoms with van der Waals surface area (Å²) in [4.78, 5) is 12.0. The lowest BCUT2D eigenvalue weighted by molar-refractivity contribution is -0.671. The summed E-state index contributed by atoms with van der Waals surface area (Å²) < 4.78 is 9.24. The average Bonchev–Trinajstić information content (AvgIpc) is 2.70. The van der Waals surface area contributed by atoms with E-state index in [0.717, 1.165) is 5.06 Å². The van der Waals surface area contributed by atoms with Crippen molar-refractivity contribution >= 4 is 5.97 Å². The molecule has 2 heterocycles. The van der Waals surface area contributed by atoms with Crippen LogP contribution in [0, 0.1) is 0 Å². The van der Waals surface area contributed by atoms with Crippen LogP contribution in [-0.2, 0) is 28.3 Å². The van der Waals surface area contributed by atoms with Crippen molar-refractivity contribution in [3.63, 3.8) is 0 Å². The van der Waals surface area contributed by atoms with Gasteiger partial charge in [0.1, 0.15) is 18.5 Å². The van der Waals surface area contributed by atoms with Crippen LogP contribution >= 0.6 is 0 Å². The maximum Gasteiger partial charge on any atom is 0.348 e. The highest BCUT2D eigenvalue weighted by Crippen LogP contribution is 2.38. The number of aromatic nitrogens is 2. The van der Waals surface area contributed by atoms with Gasteiger partial charge in [-0.25, -0.2) is 13.9 Å². The van der Waals surface area contributed by atoms with Gasteiger partial charge >= 0.3 is 5.97 Å². The number of carbonyl (C=O) groups excluding carboxylic acids is 1. The standard InChI is InChI=1S/C15H25N3O3.ClH/c1-14(2)8-12(9-15(3,4)18(14)20)21-13(19)10-17-7-6-16(5)11-17;/h6-7,11-12H,8-10H2,1-5H3;1H/q+1;/p-1. The van der Waals surface area contributed by atoms with Gasteiger partial charge in [-0.15, -0.1) is 10.3 Å². The van der Waals surface area contributed by atoms with Crippen molar-refractivity contribution < 1.29 is 31.7 Å². The molecule has 1 fully saturated rings. The van der Waals surface area contributed by atoms with Crippen molar-refractivity contribution in [3.8, 4) is 0 Å². The van der Waals surface area contributed by atoms with Crippen molar-refractivity contribution in [3.05, 3.63) is 18.7 Å². The van der Waals surface area contributed by atoms with E-state index in [1.54, 1.807) is 4.57 Å². The minimum Gasteiger partial charge on any atom is -1.00 e. The van der Waals surface area contributed by atoms with Crippen LogP contribution < -0.4 is 17.0 Å². The van der Waals surface area contributed by atoms with E-state index >= 15 is 0 Å². The maximum atomic E-state index is 12.3. The number of hydrogen-bond donors (Lipinski definition) is 0. The molecule has 0 atom stereocenters. The molecular formula is C15H25ClN3O3. The van der Waals surface area contributed by atoms with Crippen LogP contribution in [0.15, 0.2) is 18.7 Å². The fourth-order valence-electron chi connectivity index (χ4n) is 3.22. The Morgan fingerprint density at radius 3 is 2.27 bits per heavy atom. The van der Waals surface area contributed by atoms with E-state index in [2.05, 4.69) is 0 Å². The molecule has 1 radical (unpaired) electrons. The predicted octanol–water partition coefficient (Wildman–Crippen LogP) is -1.77. The number of ether oxygens (including phenoxy) is 1. The monoisotopic (exact) mass is 330 g/mol. The van der Waals surface area contributed by atoms with E-state index in [4.69, 9.17) is 4.74 Å². The molecule has 2 rings (SSSR count). The van der Waals surface area contributed by atoms with Crippen molar-refractivity contribution in [2.45, 2.75) is 64.3 Å². The Kier molecular flexibility index (Phi) is 5.65. The molecule has 6 nitrogen and oxygen atoms in total. The molecule has 0 aliphatic carbocycles. The number of aryl methyl sites for hydroxylation is 1. The van der Waals surface area contributed by atoms with Crippen molar-refractivity contribution in [2.24, 2.45) is 7.05 Å². The van der Waals surface area contributed by atoms with Crippen LogP contribution in [0.1, 0.15) is 40.5 Å². The first-order valence-corrected chi connectivity index (χ1v) is 7.28. The number of imidazole rings is 1. The Balaban J connectivity index is 0.00000242. The Morgan fingerprint density at radius 2 is 1.82 bits per heavy atom. The van der Waals surface area contributed by atoms with Gasteiger partial charge in [0.15, 0.2) is 6.54 Å². The highest BCUT2D eigenvalue weighted by Gasteiger charge is 2.47. The maximum absolute atomic E-state index is 12.3. The number of hydrogen-bond acceptors (Lipinski definition) is 3. The van der Waals surface area contributed by atoms with Gasteiger partial charge in [-0.05, 0) is 27.7 Å². The minimum absolute atomic E-state index is 0. The van der Waals surface area contributed by atoms with Gasteiger partial charge in [-0.3, -0.25) is 0 Å². The van der Waals surface area contributed by atoms with Gasteiger partial charge in [-0.2, -0.15) is 0 Å². The van der Waals surface area contributed by atoms with Crippen LogP contribution in [0.25, 0.3) is 0 Å². The number of carbonyl (C=O) groups is 1. The van der Waals surface area contributed by atoms with Crippen LogP contribution in [-0.4, -0.2) is 32.8 Å². The quantitative estimate of drug-likeness (QED) is 0.487. The predicted molar refractivity (Wildman–Crippen MR) is 75.4 cm³/mol. The molecule has 1 aromatic rings. The third-order valence-electron chi connectivity index (χ3n) is 3.99. The molecule has 0 saturated carbocycles. The lowest BCUT2D eigenvalue weighted by Crippen LogP contribution is -3.00. The topological polar surface area (TPSA) is 58.2 Å². The summed E-state index contributed by atoms with van der Waals surface area (Å²) in [7, 11) is 1.90. The van der Waals surface area contributed by atoms with Crippen molar-refractivity contribution in [1.29, 1.82) is 0 Å². The van der Waals surface area contributed by atoms with Crippen LogP contribution in [0.5, 0.6) is 0 Å². The van der Waals surface area contributed by atoms with E-state index < -0.39 is 11.1 Å². The van der Waals surface area contributed by atoms with E-state index in [1.807, 2.05) is 58.0 Å². The zero-order valence-corrected chi connectivity index (χ0v) is 14.6. The molecule has 1 saturated heterocycles. The summed E-state index contributed by atoms with van der Waals surface area (Å²) in [5, 5.41) is 13.4. The molecule has 0 aromatic carbocycles. The summed E-state index contributed by atoms with van der Waals surface area (Å²) in [6, 6.07) is 0. The smallest absolute Gasteiger partial charge is 0.348 e. The first kappa shape index (κ1) is 18.9. The van der Waals surface area contributed by atoms with Crippen LogP contribution in [0.2, 0.25) is 0 Å². The molecule has 22 heavy (non-hydrogen) atoms. The lowest BCUT2D eigenvalue weighted by atomic mass is 9.80. The summed E-state index contributed by atoms with van der Waals surface area (Å²) >= 11 is 0. The normalized spacial score (nSPS) is 21.2. The minimum atomic E-state index is -0.521. The number of esters is 1. The zero-order valence-electron chi connectivity index (χ0n) is 13.9. The first-order valence-electron chi connectivity index (χ1n) is 7.28. The van der Waals surface area contributed by atoms with Gasteiger partial charge in [0, 0.05) is 23.9 Å². The van der Waals surface area contributed by atoms with Gasteiger partial charge in [0.05, 0.1) is 7.05 Å². The second-order valence-electron chi connectivity index (χ2n) is 7.19. The molecule has 125 valence electrons. The fourth-order valence-corrected chi connectivity index (χ4v) is 3.22. The first-order chi connectivity index (χ1) is 9.60. The second-order valence-corrected chi connectivity index (χ2v) is 7.19. The molecule has 0 spiro atoms. The third kappa shape index (κ3) is 4.21. The van der Waals surface area contributed by atoms with Crippen molar-refractivity contribution in [1.82, 2.24) is 9.63 Å². The zero-order chi connectivity index (χ0) is 15.8. The van der Waals surface area contributed by atoms with Gasteiger partial charge in [0.25, 0.3) is 0 Å². The highest BCUT2D eigenvalue weighted by atomic mass is 35.5. The molecular weight excluding hydrogens is 306 g/mol. The SMILES string of the molecule is C[n+]1ccn(CC(=O)OC2CC(C)(C)N([O])C(C)(C)C2)c1.[Cl-]. The summed E-state index contributed by atoms with van der Waals surface area (Å²) in [5.41, 5.74) is -1.04. The summed E-state index contributed by atoms with van der Waals surface area (Å²) in [6.07, 6.45) is 6.44. The molecule has 1 aromatic heterocycles. The Bertz CT molecular complexity index is 510. The fraction of sp³-hybridized carbons (Fsp3) is 0.733. The largest absolute Gasteiger partial charge is 1.00 e. The Morgan fingerprint density at radius 1 is 1.27 bits per heavy atom. The number of hydroxylamine groups is 2. The van der Waals surface area contributed by atoms with E-state index in [0.29, 0.717) is 12.8 Å². The summed E-state index contributed by atoms with van der Waals surface area (Å²) in [6.45, 7) is 7.78. The Hall–Kier alpha value is -1.11. The number of halogens is 1. The summed E-state index contributed by atoms with van der Waals surface area (Å²) in [5.74, 6) is -0.262. The number of rotatable bonds is 3. The molecule has 1 aliphatic rings. The Labute approximate surface area is 138 Å². The van der Waals surface area contributed by atoms with Crippen LogP contribution in [0.3, 0.4) is 0 Å². The number of nitrogens with zero attached hydrogens (tertiary/aromatic N) is 3. The van der Waals surface area contributed by atoms with Crippen molar-refractivity contribution in [2.75, 3.05) is 0 Å². The van der Waals surface area contributed by atoms with E-state index in [9.17, 15) is 10.0 Å². The van der Waals surface area contributed by atoms with Crippen LogP contribution in [0.4, 0.5) is 0 Å². The van der Waals surface area contributed by atoms with Gasteiger partial charge in [-0.1, -0.05) is 0 Å². The second kappa shape index (κ2) is 6.56. The molecule has 0 bridgehead atoms. The number of piperidine rings is 1. The lowest BCUT2D eigenvalue weighted by Gasteiger charge is -2.49. The third-order valence-corrected chi connectivity index (χ3v) is 3.99. The molecule has 0 N–H and O–H groups in total. The van der Waals surface area contributed by atoms with Gasteiger partial charge < -0.3 is 17.1 Å². The molecule has 0 amide bonds. The van der Waals surface area contributed by atoms with E-state index in [-0.39, 0.29) is 31.0 Å². The van der Waals surface area contributed by atoms with Gasteiger partial charge in [0.2, 0.25) is 6.33 Å². The molecule has 1 aliphatic heterocycles. The highest BCUT2D eigenvalue weighted by molar-refractivity contribution is 5.69. The van der Waals surface area contributed by atoms with E-state index in [1.165, 1.54) is 0 Å².